The molecule has 7 heteroatoms. The van der Waals surface area contributed by atoms with Crippen LogP contribution in [0.5, 0.6) is 5.75 Å². The zero-order valence-electron chi connectivity index (χ0n) is 14.4. The molecular formula is C18H21NO4S2. The van der Waals surface area contributed by atoms with Gasteiger partial charge in [-0.1, -0.05) is 56.4 Å². The second-order valence-electron chi connectivity index (χ2n) is 5.72. The van der Waals surface area contributed by atoms with Crippen LogP contribution in [0, 0.1) is 5.92 Å². The zero-order valence-corrected chi connectivity index (χ0v) is 16.0. The molecule has 0 saturated carbocycles. The molecule has 134 valence electrons. The van der Waals surface area contributed by atoms with Crippen molar-refractivity contribution in [2.75, 3.05) is 6.61 Å². The first-order chi connectivity index (χ1) is 11.9. The normalized spacial score (nSPS) is 18.5. The molecular weight excluding hydrogens is 358 g/mol. The Hall–Kier alpha value is -1.86. The number of benzene rings is 1. The maximum absolute atomic E-state index is 12.7. The van der Waals surface area contributed by atoms with E-state index in [0.717, 1.165) is 23.1 Å². The lowest BCUT2D eigenvalue weighted by atomic mass is 9.98. The molecule has 0 spiro atoms. The number of thioether (sulfide) groups is 1. The van der Waals surface area contributed by atoms with Crippen LogP contribution in [0.2, 0.25) is 0 Å². The molecule has 2 rings (SSSR count). The van der Waals surface area contributed by atoms with Crippen LogP contribution in [0.4, 0.5) is 0 Å². The molecule has 1 N–H and O–H groups in total. The lowest BCUT2D eigenvalue weighted by molar-refractivity contribution is -0.147. The van der Waals surface area contributed by atoms with E-state index in [1.54, 1.807) is 6.08 Å². The van der Waals surface area contributed by atoms with Crippen molar-refractivity contribution in [1.29, 1.82) is 0 Å². The highest BCUT2D eigenvalue weighted by molar-refractivity contribution is 8.26. The van der Waals surface area contributed by atoms with Gasteiger partial charge in [0, 0.05) is 0 Å². The minimum atomic E-state index is -1.03. The third-order valence-corrected chi connectivity index (χ3v) is 5.36. The van der Waals surface area contributed by atoms with Crippen LogP contribution in [-0.2, 0) is 9.59 Å². The number of ether oxygens (including phenoxy) is 1. The number of hydrogen-bond acceptors (Lipinski definition) is 5. The third-order valence-electron chi connectivity index (χ3n) is 4.03. The molecule has 0 aliphatic carbocycles. The van der Waals surface area contributed by atoms with Crippen LogP contribution < -0.4 is 4.74 Å². The van der Waals surface area contributed by atoms with Crippen molar-refractivity contribution in [2.24, 2.45) is 5.92 Å². The van der Waals surface area contributed by atoms with Crippen LogP contribution in [-0.4, -0.2) is 38.9 Å². The highest BCUT2D eigenvalue weighted by Gasteiger charge is 2.42. The summed E-state index contributed by atoms with van der Waals surface area (Å²) in [7, 11) is 0. The number of rotatable bonds is 7. The Morgan fingerprint density at radius 3 is 2.52 bits per heavy atom. The van der Waals surface area contributed by atoms with E-state index in [-0.39, 0.29) is 16.1 Å². The SMILES string of the molecule is CCOc1ccc(/C=C2\SC(=S)N(C(C(=O)O)C(C)CC)C2=O)cc1. The summed E-state index contributed by atoms with van der Waals surface area (Å²) in [5, 5.41) is 9.53. The van der Waals surface area contributed by atoms with E-state index in [2.05, 4.69) is 0 Å². The first-order valence-electron chi connectivity index (χ1n) is 8.11. The van der Waals surface area contributed by atoms with Gasteiger partial charge in [-0.2, -0.15) is 0 Å². The van der Waals surface area contributed by atoms with Crippen molar-refractivity contribution in [2.45, 2.75) is 33.2 Å². The Morgan fingerprint density at radius 2 is 2.00 bits per heavy atom. The number of carboxylic acid groups (broad SMARTS) is 1. The van der Waals surface area contributed by atoms with Crippen molar-refractivity contribution in [3.63, 3.8) is 0 Å². The third kappa shape index (κ3) is 4.41. The lowest BCUT2D eigenvalue weighted by Crippen LogP contribution is -2.47. The lowest BCUT2D eigenvalue weighted by Gasteiger charge is -2.27. The van der Waals surface area contributed by atoms with E-state index >= 15 is 0 Å². The van der Waals surface area contributed by atoms with Crippen molar-refractivity contribution in [1.82, 2.24) is 4.90 Å². The quantitative estimate of drug-likeness (QED) is 0.574. The summed E-state index contributed by atoms with van der Waals surface area (Å²) in [5.74, 6) is -0.815. The van der Waals surface area contributed by atoms with Crippen LogP contribution in [0.25, 0.3) is 6.08 Å². The largest absolute Gasteiger partial charge is 0.494 e. The first-order valence-corrected chi connectivity index (χ1v) is 9.34. The summed E-state index contributed by atoms with van der Waals surface area (Å²) >= 11 is 6.41. The predicted octanol–water partition coefficient (Wildman–Crippen LogP) is 3.79. The van der Waals surface area contributed by atoms with E-state index in [4.69, 9.17) is 17.0 Å². The maximum atomic E-state index is 12.7. The topological polar surface area (TPSA) is 66.8 Å². The molecule has 1 aliphatic heterocycles. The summed E-state index contributed by atoms with van der Waals surface area (Å²) in [6.07, 6.45) is 2.37. The van der Waals surface area contributed by atoms with Gasteiger partial charge in [0.2, 0.25) is 0 Å². The summed E-state index contributed by atoms with van der Waals surface area (Å²) in [4.78, 5) is 26.0. The molecule has 2 unspecified atom stereocenters. The average molecular weight is 380 g/mol. The standard InChI is InChI=1S/C18H21NO4S2/c1-4-11(3)15(17(21)22)19-16(20)14(25-18(19)24)10-12-6-8-13(9-7-12)23-5-2/h6-11,15H,4-5H2,1-3H3,(H,21,22)/b14-10-. The monoisotopic (exact) mass is 379 g/mol. The molecule has 5 nitrogen and oxygen atoms in total. The van der Waals surface area contributed by atoms with Crippen molar-refractivity contribution in [3.05, 3.63) is 34.7 Å². The Morgan fingerprint density at radius 1 is 1.36 bits per heavy atom. The first kappa shape index (κ1) is 19.5. The number of thiocarbonyl (C=S) groups is 1. The fourth-order valence-electron chi connectivity index (χ4n) is 2.53. The minimum Gasteiger partial charge on any atom is -0.494 e. The van der Waals surface area contributed by atoms with E-state index in [0.29, 0.717) is 17.9 Å². The molecule has 1 fully saturated rings. The van der Waals surface area contributed by atoms with Crippen LogP contribution in [0.3, 0.4) is 0 Å². The molecule has 1 aromatic carbocycles. The minimum absolute atomic E-state index is 0.190. The smallest absolute Gasteiger partial charge is 0.327 e. The van der Waals surface area contributed by atoms with Gasteiger partial charge in [-0.25, -0.2) is 4.79 Å². The second-order valence-corrected chi connectivity index (χ2v) is 7.40. The van der Waals surface area contributed by atoms with Gasteiger partial charge in [0.1, 0.15) is 16.1 Å². The van der Waals surface area contributed by atoms with Gasteiger partial charge >= 0.3 is 5.97 Å². The maximum Gasteiger partial charge on any atom is 0.327 e. The van der Waals surface area contributed by atoms with E-state index in [9.17, 15) is 14.7 Å². The van der Waals surface area contributed by atoms with Gasteiger partial charge in [-0.15, -0.1) is 0 Å². The molecule has 1 aromatic rings. The van der Waals surface area contributed by atoms with Gasteiger partial charge in [0.25, 0.3) is 5.91 Å². The molecule has 0 aromatic heterocycles. The summed E-state index contributed by atoms with van der Waals surface area (Å²) < 4.78 is 5.68. The highest BCUT2D eigenvalue weighted by Crippen LogP contribution is 2.36. The average Bonchev–Trinajstić information content (AvgIpc) is 2.84. The Kier molecular flexibility index (Phi) is 6.61. The van der Waals surface area contributed by atoms with Crippen LogP contribution in [0.1, 0.15) is 32.8 Å². The summed E-state index contributed by atoms with van der Waals surface area (Å²) in [6, 6.07) is 6.41. The van der Waals surface area contributed by atoms with Gasteiger partial charge in [-0.05, 0) is 36.6 Å². The summed E-state index contributed by atoms with van der Waals surface area (Å²) in [6.45, 7) is 6.21. The number of carbonyl (C=O) groups excluding carboxylic acids is 1. The van der Waals surface area contributed by atoms with Gasteiger partial charge in [0.05, 0.1) is 11.5 Å². The van der Waals surface area contributed by atoms with E-state index < -0.39 is 12.0 Å². The van der Waals surface area contributed by atoms with E-state index in [1.807, 2.05) is 45.0 Å². The zero-order chi connectivity index (χ0) is 18.6. The highest BCUT2D eigenvalue weighted by atomic mass is 32.2. The fraction of sp³-hybridized carbons (Fsp3) is 0.389. The molecule has 1 heterocycles. The fourth-order valence-corrected chi connectivity index (χ4v) is 3.86. The number of hydrogen-bond donors (Lipinski definition) is 1. The van der Waals surface area contributed by atoms with Crippen LogP contribution in [0.15, 0.2) is 29.2 Å². The number of aliphatic carboxylic acids is 1. The Labute approximate surface area is 157 Å². The molecule has 0 radical (unpaired) electrons. The molecule has 1 aliphatic rings. The number of carboxylic acids is 1. The second kappa shape index (κ2) is 8.49. The van der Waals surface area contributed by atoms with Crippen molar-refractivity contribution in [3.8, 4) is 5.75 Å². The summed E-state index contributed by atoms with van der Waals surface area (Å²) in [5.41, 5.74) is 0.833. The molecule has 25 heavy (non-hydrogen) atoms. The van der Waals surface area contributed by atoms with E-state index in [1.165, 1.54) is 4.90 Å². The van der Waals surface area contributed by atoms with Gasteiger partial charge < -0.3 is 9.84 Å². The predicted molar refractivity (Wildman–Crippen MR) is 104 cm³/mol. The number of nitrogens with zero attached hydrogens (tertiary/aromatic N) is 1. The number of amides is 1. The Balaban J connectivity index is 2.26. The van der Waals surface area contributed by atoms with Gasteiger partial charge in [0.15, 0.2) is 0 Å². The molecule has 0 bridgehead atoms. The molecule has 2 atom stereocenters. The van der Waals surface area contributed by atoms with Crippen molar-refractivity contribution >= 4 is 46.3 Å². The van der Waals surface area contributed by atoms with Crippen LogP contribution >= 0.6 is 24.0 Å². The molecule has 1 saturated heterocycles. The molecule has 1 amide bonds. The number of carbonyl (C=O) groups is 2. The van der Waals surface area contributed by atoms with Crippen molar-refractivity contribution < 1.29 is 19.4 Å². The van der Waals surface area contributed by atoms with Gasteiger partial charge in [-0.3, -0.25) is 9.69 Å². The Bertz CT molecular complexity index is 700.